The fourth-order valence-corrected chi connectivity index (χ4v) is 1.61. The van der Waals surface area contributed by atoms with Crippen LogP contribution in [0.25, 0.3) is 5.65 Å². The van der Waals surface area contributed by atoms with E-state index in [0.29, 0.717) is 6.54 Å². The van der Waals surface area contributed by atoms with Crippen molar-refractivity contribution in [3.8, 4) is 0 Å². The van der Waals surface area contributed by atoms with Gasteiger partial charge in [-0.3, -0.25) is 0 Å². The number of nitrogens with zero attached hydrogens (tertiary/aromatic N) is 2. The highest BCUT2D eigenvalue weighted by Crippen LogP contribution is 2.09. The van der Waals surface area contributed by atoms with Crippen molar-refractivity contribution in [1.82, 2.24) is 9.38 Å². The van der Waals surface area contributed by atoms with Crippen LogP contribution in [-0.4, -0.2) is 9.38 Å². The largest absolute Gasteiger partial charge is 0.325 e. The molecule has 62 valence electrons. The van der Waals surface area contributed by atoms with E-state index in [0.717, 1.165) is 11.3 Å². The number of pyridine rings is 1. The zero-order chi connectivity index (χ0) is 8.55. The summed E-state index contributed by atoms with van der Waals surface area (Å²) in [5, 5.41) is 0. The molecular weight excluding hydrogens is 265 g/mol. The van der Waals surface area contributed by atoms with Crippen LogP contribution in [0.2, 0.25) is 0 Å². The molecule has 2 rings (SSSR count). The first-order chi connectivity index (χ1) is 5.81. The molecule has 0 aliphatic rings. The zero-order valence-electron chi connectivity index (χ0n) is 6.37. The van der Waals surface area contributed by atoms with E-state index >= 15 is 0 Å². The van der Waals surface area contributed by atoms with Crippen LogP contribution < -0.4 is 5.73 Å². The Morgan fingerprint density at radius 3 is 3.08 bits per heavy atom. The van der Waals surface area contributed by atoms with E-state index in [1.54, 1.807) is 0 Å². The Hall–Kier alpha value is -0.620. The van der Waals surface area contributed by atoms with Crippen molar-refractivity contribution < 1.29 is 0 Å². The summed E-state index contributed by atoms with van der Waals surface area (Å²) in [6, 6.07) is 4.02. The Morgan fingerprint density at radius 1 is 1.50 bits per heavy atom. The number of hydrogen-bond donors (Lipinski definition) is 1. The summed E-state index contributed by atoms with van der Waals surface area (Å²) in [6.07, 6.45) is 3.84. The first-order valence-electron chi connectivity index (χ1n) is 3.63. The minimum Gasteiger partial charge on any atom is -0.325 e. The van der Waals surface area contributed by atoms with Crippen LogP contribution >= 0.6 is 22.6 Å². The molecule has 0 fully saturated rings. The van der Waals surface area contributed by atoms with E-state index in [1.807, 2.05) is 28.9 Å². The van der Waals surface area contributed by atoms with Crippen molar-refractivity contribution in [2.45, 2.75) is 6.54 Å². The van der Waals surface area contributed by atoms with Crippen molar-refractivity contribution in [3.05, 3.63) is 33.8 Å². The van der Waals surface area contributed by atoms with Crippen molar-refractivity contribution in [2.75, 3.05) is 0 Å². The van der Waals surface area contributed by atoms with E-state index in [4.69, 9.17) is 5.73 Å². The maximum Gasteiger partial charge on any atom is 0.136 e. The first-order valence-corrected chi connectivity index (χ1v) is 4.70. The van der Waals surface area contributed by atoms with Gasteiger partial charge in [0, 0.05) is 16.3 Å². The molecule has 0 atom stereocenters. The maximum absolute atomic E-state index is 5.55. The van der Waals surface area contributed by atoms with Gasteiger partial charge in [-0.2, -0.15) is 0 Å². The predicted molar refractivity (Wildman–Crippen MR) is 55.8 cm³/mol. The second-order valence-electron chi connectivity index (χ2n) is 2.53. The molecule has 0 saturated carbocycles. The summed E-state index contributed by atoms with van der Waals surface area (Å²) in [5.74, 6) is 0. The first kappa shape index (κ1) is 8.00. The van der Waals surface area contributed by atoms with Crippen molar-refractivity contribution in [1.29, 1.82) is 0 Å². The third kappa shape index (κ3) is 1.21. The molecule has 2 N–H and O–H groups in total. The topological polar surface area (TPSA) is 43.3 Å². The van der Waals surface area contributed by atoms with Crippen molar-refractivity contribution in [3.63, 3.8) is 0 Å². The number of halogens is 1. The Labute approximate surface area is 83.7 Å². The van der Waals surface area contributed by atoms with E-state index in [-0.39, 0.29) is 0 Å². The van der Waals surface area contributed by atoms with Crippen LogP contribution in [0, 0.1) is 3.57 Å². The molecule has 0 saturated heterocycles. The lowest BCUT2D eigenvalue weighted by atomic mass is 10.4. The van der Waals surface area contributed by atoms with E-state index in [2.05, 4.69) is 27.6 Å². The second-order valence-corrected chi connectivity index (χ2v) is 3.77. The van der Waals surface area contributed by atoms with Gasteiger partial charge in [-0.25, -0.2) is 4.98 Å². The summed E-state index contributed by atoms with van der Waals surface area (Å²) in [7, 11) is 0. The highest BCUT2D eigenvalue weighted by Gasteiger charge is 2.00. The standard InChI is InChI=1S/C8H8IN3/c9-6-1-2-8-11-4-7(3-10)12(8)5-6/h1-2,4-5H,3,10H2. The number of fused-ring (bicyclic) bond motifs is 1. The molecule has 4 heteroatoms. The van der Waals surface area contributed by atoms with E-state index in [9.17, 15) is 0 Å². The molecule has 0 bridgehead atoms. The molecule has 3 nitrogen and oxygen atoms in total. The third-order valence-corrected chi connectivity index (χ3v) is 2.39. The lowest BCUT2D eigenvalue weighted by molar-refractivity contribution is 0.957. The minimum atomic E-state index is 0.529. The molecule has 2 heterocycles. The SMILES string of the molecule is NCc1cnc2ccc(I)cn12. The van der Waals surface area contributed by atoms with Gasteiger partial charge in [-0.15, -0.1) is 0 Å². The number of imidazole rings is 1. The van der Waals surface area contributed by atoms with Crippen molar-refractivity contribution >= 4 is 28.2 Å². The molecule has 2 aromatic heterocycles. The van der Waals surface area contributed by atoms with Crippen LogP contribution in [0.1, 0.15) is 5.69 Å². The normalized spacial score (nSPS) is 10.8. The smallest absolute Gasteiger partial charge is 0.136 e. The summed E-state index contributed by atoms with van der Waals surface area (Å²) in [5.41, 5.74) is 7.55. The van der Waals surface area contributed by atoms with Crippen molar-refractivity contribution in [2.24, 2.45) is 5.73 Å². The number of hydrogen-bond acceptors (Lipinski definition) is 2. The molecule has 0 spiro atoms. The van der Waals surface area contributed by atoms with Crippen LogP contribution in [0.4, 0.5) is 0 Å². The molecule has 0 aromatic carbocycles. The summed E-state index contributed by atoms with van der Waals surface area (Å²) in [4.78, 5) is 4.21. The summed E-state index contributed by atoms with van der Waals surface area (Å²) < 4.78 is 3.20. The van der Waals surface area contributed by atoms with Crippen LogP contribution in [0.5, 0.6) is 0 Å². The monoisotopic (exact) mass is 273 g/mol. The van der Waals surface area contributed by atoms with Crippen LogP contribution in [0.15, 0.2) is 24.5 Å². The Kier molecular flexibility index (Phi) is 2.02. The molecule has 0 radical (unpaired) electrons. The zero-order valence-corrected chi connectivity index (χ0v) is 8.52. The number of aromatic nitrogens is 2. The van der Waals surface area contributed by atoms with Crippen LogP contribution in [0.3, 0.4) is 0 Å². The molecule has 2 aromatic rings. The third-order valence-electron chi connectivity index (χ3n) is 1.76. The predicted octanol–water partition coefficient (Wildman–Crippen LogP) is 1.40. The van der Waals surface area contributed by atoms with Gasteiger partial charge in [0.25, 0.3) is 0 Å². The Bertz CT molecular complexity index is 408. The average Bonchev–Trinajstić information content (AvgIpc) is 2.46. The number of rotatable bonds is 1. The van der Waals surface area contributed by atoms with Gasteiger partial charge in [0.15, 0.2) is 0 Å². The Morgan fingerprint density at radius 2 is 2.33 bits per heavy atom. The second kappa shape index (κ2) is 3.02. The van der Waals surface area contributed by atoms with Gasteiger partial charge < -0.3 is 10.1 Å². The van der Waals surface area contributed by atoms with E-state index < -0.39 is 0 Å². The molecule has 0 aliphatic carbocycles. The van der Waals surface area contributed by atoms with Gasteiger partial charge in [0.05, 0.1) is 11.9 Å². The highest BCUT2D eigenvalue weighted by atomic mass is 127. The van der Waals surface area contributed by atoms with Gasteiger partial charge in [-0.05, 0) is 34.7 Å². The van der Waals surface area contributed by atoms with Gasteiger partial charge in [0.1, 0.15) is 5.65 Å². The molecule has 12 heavy (non-hydrogen) atoms. The fourth-order valence-electron chi connectivity index (χ4n) is 1.16. The highest BCUT2D eigenvalue weighted by molar-refractivity contribution is 14.1. The molecule has 0 aliphatic heterocycles. The van der Waals surface area contributed by atoms with Gasteiger partial charge in [-0.1, -0.05) is 0 Å². The lowest BCUT2D eigenvalue weighted by Crippen LogP contribution is -2.00. The molecule has 0 amide bonds. The minimum absolute atomic E-state index is 0.529. The fraction of sp³-hybridized carbons (Fsp3) is 0.125. The lowest BCUT2D eigenvalue weighted by Gasteiger charge is -1.97. The average molecular weight is 273 g/mol. The van der Waals surface area contributed by atoms with Gasteiger partial charge in [0.2, 0.25) is 0 Å². The number of nitrogens with two attached hydrogens (primary N) is 1. The molecule has 0 unspecified atom stereocenters. The van der Waals surface area contributed by atoms with Gasteiger partial charge >= 0.3 is 0 Å². The van der Waals surface area contributed by atoms with Crippen LogP contribution in [-0.2, 0) is 6.54 Å². The summed E-state index contributed by atoms with van der Waals surface area (Å²) in [6.45, 7) is 0.529. The quantitative estimate of drug-likeness (QED) is 0.798. The molecular formula is C8H8IN3. The Balaban J connectivity index is 2.75. The van der Waals surface area contributed by atoms with E-state index in [1.165, 1.54) is 3.57 Å². The maximum atomic E-state index is 5.55. The summed E-state index contributed by atoms with van der Waals surface area (Å²) >= 11 is 2.27.